The van der Waals surface area contributed by atoms with Gasteiger partial charge in [-0.15, -0.1) is 0 Å². The molecule has 4 aromatic rings. The lowest BCUT2D eigenvalue weighted by atomic mass is 9.76. The number of hydrogen-bond donors (Lipinski definition) is 3. The summed E-state index contributed by atoms with van der Waals surface area (Å²) in [7, 11) is 0. The molecule has 3 N–H and O–H groups in total. The largest absolute Gasteiger partial charge is 0.361 e. The maximum absolute atomic E-state index is 14.2. The van der Waals surface area contributed by atoms with E-state index in [4.69, 9.17) is 0 Å². The molecule has 2 fully saturated rings. The molecule has 7 rings (SSSR count). The molecule has 3 aliphatic heterocycles. The molecule has 3 aromatic carbocycles. The molecule has 0 aliphatic carbocycles. The molecular formula is C31H26N4O4. The Bertz CT molecular complexity index is 1720. The number of para-hydroxylation sites is 1. The number of aromatic amines is 1. The van der Waals surface area contributed by atoms with E-state index >= 15 is 0 Å². The van der Waals surface area contributed by atoms with E-state index in [0.29, 0.717) is 28.9 Å². The number of fused-ring (bicyclic) bond motifs is 5. The highest BCUT2D eigenvalue weighted by atomic mass is 16.2. The minimum atomic E-state index is -1.37. The molecule has 0 radical (unpaired) electrons. The topological polar surface area (TPSA) is 111 Å². The first-order valence-electron chi connectivity index (χ1n) is 13.0. The average Bonchev–Trinajstić information content (AvgIpc) is 3.63. The van der Waals surface area contributed by atoms with Crippen molar-refractivity contribution in [3.8, 4) is 0 Å². The Balaban J connectivity index is 1.36. The molecule has 3 aliphatic rings. The summed E-state index contributed by atoms with van der Waals surface area (Å²) in [6, 6.07) is 19.6. The molecule has 0 saturated carbocycles. The van der Waals surface area contributed by atoms with Crippen LogP contribution in [0, 0.1) is 18.8 Å². The minimum Gasteiger partial charge on any atom is -0.361 e. The van der Waals surface area contributed by atoms with Crippen LogP contribution in [0.1, 0.15) is 34.0 Å². The fraction of sp³-hybridized carbons (Fsp3) is 0.226. The molecule has 1 spiro atoms. The Kier molecular flexibility index (Phi) is 4.96. The highest BCUT2D eigenvalue weighted by molar-refractivity contribution is 6.26. The second kappa shape index (κ2) is 8.22. The predicted molar refractivity (Wildman–Crippen MR) is 146 cm³/mol. The summed E-state index contributed by atoms with van der Waals surface area (Å²) >= 11 is 0. The van der Waals surface area contributed by atoms with Crippen molar-refractivity contribution in [1.82, 2.24) is 10.3 Å². The van der Waals surface area contributed by atoms with Gasteiger partial charge in [-0.2, -0.15) is 0 Å². The van der Waals surface area contributed by atoms with Crippen LogP contribution in [0.15, 0.2) is 72.9 Å². The standard InChI is InChI=1S/C31H26N4O4/c1-16-7-12-24-22(13-16)31(30(39)33-24)27-26(25(34-31)14-19-15-32-23-6-4-3-5-21(19)23)28(37)35(29(27)38)20-10-8-18(9-11-20)17(2)36/h3-13,15,25-27,32,34H,14H2,1-2H3,(H,33,39). The Hall–Kier alpha value is -4.56. The van der Waals surface area contributed by atoms with Gasteiger partial charge in [0.2, 0.25) is 17.7 Å². The number of hydrogen-bond acceptors (Lipinski definition) is 5. The molecule has 194 valence electrons. The summed E-state index contributed by atoms with van der Waals surface area (Å²) in [5.74, 6) is -2.86. The lowest BCUT2D eigenvalue weighted by Gasteiger charge is -2.29. The van der Waals surface area contributed by atoms with Crippen molar-refractivity contribution in [3.05, 3.63) is 95.2 Å². The predicted octanol–water partition coefficient (Wildman–Crippen LogP) is 3.85. The van der Waals surface area contributed by atoms with E-state index in [1.165, 1.54) is 11.8 Å². The molecule has 8 nitrogen and oxygen atoms in total. The number of imide groups is 1. The lowest BCUT2D eigenvalue weighted by Crippen LogP contribution is -2.53. The van der Waals surface area contributed by atoms with E-state index in [2.05, 4.69) is 15.6 Å². The van der Waals surface area contributed by atoms with Gasteiger partial charge in [0, 0.05) is 40.0 Å². The maximum atomic E-state index is 14.2. The van der Waals surface area contributed by atoms with E-state index < -0.39 is 29.3 Å². The Morgan fingerprint density at radius 3 is 2.51 bits per heavy atom. The summed E-state index contributed by atoms with van der Waals surface area (Å²) in [6.07, 6.45) is 2.39. The molecule has 0 bridgehead atoms. The Morgan fingerprint density at radius 2 is 1.74 bits per heavy atom. The normalized spacial score (nSPS) is 25.4. The fourth-order valence-corrected chi connectivity index (χ4v) is 6.73. The van der Waals surface area contributed by atoms with Crippen molar-refractivity contribution >= 4 is 45.8 Å². The van der Waals surface area contributed by atoms with E-state index in [9.17, 15) is 19.2 Å². The van der Waals surface area contributed by atoms with Crippen molar-refractivity contribution in [3.63, 3.8) is 0 Å². The van der Waals surface area contributed by atoms with E-state index in [0.717, 1.165) is 22.0 Å². The third-order valence-electron chi connectivity index (χ3n) is 8.52. The van der Waals surface area contributed by atoms with Gasteiger partial charge in [0.25, 0.3) is 0 Å². The highest BCUT2D eigenvalue weighted by Crippen LogP contribution is 2.54. The SMILES string of the molecule is CC(=O)c1ccc(N2C(=O)C3C(Cc4c[nH]c5ccccc45)NC4(C(=O)Nc5ccc(C)cc54)C3C2=O)cc1. The average molecular weight is 519 g/mol. The van der Waals surface area contributed by atoms with Gasteiger partial charge in [-0.3, -0.25) is 24.5 Å². The van der Waals surface area contributed by atoms with Crippen LogP contribution in [0.25, 0.3) is 10.9 Å². The van der Waals surface area contributed by atoms with Crippen molar-refractivity contribution in [2.75, 3.05) is 10.2 Å². The van der Waals surface area contributed by atoms with Gasteiger partial charge in [0.05, 0.1) is 17.5 Å². The summed E-state index contributed by atoms with van der Waals surface area (Å²) in [5.41, 5.74) is 3.80. The number of carbonyl (C=O) groups is 4. The number of carbonyl (C=O) groups excluding carboxylic acids is 4. The van der Waals surface area contributed by atoms with Crippen LogP contribution in [0.5, 0.6) is 0 Å². The summed E-state index contributed by atoms with van der Waals surface area (Å²) < 4.78 is 0. The van der Waals surface area contributed by atoms with Crippen molar-refractivity contribution in [2.45, 2.75) is 31.8 Å². The number of nitrogens with one attached hydrogen (secondary N) is 3. The van der Waals surface area contributed by atoms with Crippen molar-refractivity contribution in [2.24, 2.45) is 11.8 Å². The summed E-state index contributed by atoms with van der Waals surface area (Å²) in [4.78, 5) is 58.4. The lowest BCUT2D eigenvalue weighted by molar-refractivity contribution is -0.130. The zero-order chi connectivity index (χ0) is 27.1. The number of Topliss-reactive ketones (excluding diaryl/α,β-unsaturated/α-hetero) is 1. The number of rotatable bonds is 4. The fourth-order valence-electron chi connectivity index (χ4n) is 6.73. The summed E-state index contributed by atoms with van der Waals surface area (Å²) in [5, 5.41) is 7.52. The third kappa shape index (κ3) is 3.21. The number of H-pyrrole nitrogens is 1. The van der Waals surface area contributed by atoms with Crippen LogP contribution < -0.4 is 15.5 Å². The van der Waals surface area contributed by atoms with Gasteiger partial charge < -0.3 is 10.3 Å². The third-order valence-corrected chi connectivity index (χ3v) is 8.52. The Labute approximate surface area is 224 Å². The smallest absolute Gasteiger partial charge is 0.250 e. The number of anilines is 2. The van der Waals surface area contributed by atoms with Crippen LogP contribution in [0.4, 0.5) is 11.4 Å². The number of benzene rings is 3. The van der Waals surface area contributed by atoms with E-state index in [1.807, 2.05) is 55.6 Å². The number of aryl methyl sites for hydroxylation is 1. The first-order chi connectivity index (χ1) is 18.8. The van der Waals surface area contributed by atoms with Crippen LogP contribution in [-0.2, 0) is 26.3 Å². The molecule has 39 heavy (non-hydrogen) atoms. The number of aromatic nitrogens is 1. The van der Waals surface area contributed by atoms with Crippen molar-refractivity contribution in [1.29, 1.82) is 0 Å². The van der Waals surface area contributed by atoms with Crippen LogP contribution in [-0.4, -0.2) is 34.5 Å². The van der Waals surface area contributed by atoms with Crippen LogP contribution in [0.2, 0.25) is 0 Å². The van der Waals surface area contributed by atoms with E-state index in [1.54, 1.807) is 24.3 Å². The molecule has 4 heterocycles. The minimum absolute atomic E-state index is 0.103. The summed E-state index contributed by atoms with van der Waals surface area (Å²) in [6.45, 7) is 3.41. The Morgan fingerprint density at radius 1 is 0.974 bits per heavy atom. The highest BCUT2D eigenvalue weighted by Gasteiger charge is 2.70. The monoisotopic (exact) mass is 518 g/mol. The van der Waals surface area contributed by atoms with Crippen molar-refractivity contribution < 1.29 is 19.2 Å². The van der Waals surface area contributed by atoms with Gasteiger partial charge in [-0.25, -0.2) is 4.90 Å². The molecule has 4 unspecified atom stereocenters. The second-order valence-corrected chi connectivity index (χ2v) is 10.7. The first-order valence-corrected chi connectivity index (χ1v) is 13.0. The quantitative estimate of drug-likeness (QED) is 0.281. The van der Waals surface area contributed by atoms with Gasteiger partial charge in [-0.1, -0.05) is 35.9 Å². The van der Waals surface area contributed by atoms with Gasteiger partial charge in [-0.05, 0) is 62.2 Å². The number of nitrogens with zero attached hydrogens (tertiary/aromatic N) is 1. The number of ketones is 1. The second-order valence-electron chi connectivity index (χ2n) is 10.7. The van der Waals surface area contributed by atoms with Gasteiger partial charge in [0.15, 0.2) is 5.78 Å². The number of amides is 3. The van der Waals surface area contributed by atoms with Crippen LogP contribution >= 0.6 is 0 Å². The molecule has 1 aromatic heterocycles. The zero-order valence-electron chi connectivity index (χ0n) is 21.4. The van der Waals surface area contributed by atoms with Gasteiger partial charge in [0.1, 0.15) is 5.54 Å². The molecule has 4 atom stereocenters. The molecule has 8 heteroatoms. The zero-order valence-corrected chi connectivity index (χ0v) is 21.4. The molecule has 2 saturated heterocycles. The van der Waals surface area contributed by atoms with E-state index in [-0.39, 0.29) is 17.6 Å². The maximum Gasteiger partial charge on any atom is 0.250 e. The molecule has 3 amide bonds. The van der Waals surface area contributed by atoms with Gasteiger partial charge >= 0.3 is 0 Å². The van der Waals surface area contributed by atoms with Crippen LogP contribution in [0.3, 0.4) is 0 Å². The first kappa shape index (κ1) is 23.5. The molecular weight excluding hydrogens is 492 g/mol.